The highest BCUT2D eigenvalue weighted by Gasteiger charge is 2.29. The molecule has 3 aromatic rings. The standard InChI is InChI=1S/C28H35N3O5S/c1-2-20-17-31-18-37(34,35)36-26-15-21(14-23(20)27(26)31)28(33)30-24(13-19-9-5-3-6-10-19)25(32)16-29-22-11-7-4-8-12-22/h3,5-6,9-10,14-15,17,22,24-25,29,32H,2,4,7-8,11-13,16,18H2,1H3,(H,30,33)/t24-,25+/m0/s1. The molecule has 1 aromatic heterocycles. The first kappa shape index (κ1) is 25.8. The quantitative estimate of drug-likeness (QED) is 0.369. The van der Waals surface area contributed by atoms with Gasteiger partial charge in [0.15, 0.2) is 11.6 Å². The predicted molar refractivity (Wildman–Crippen MR) is 143 cm³/mol. The summed E-state index contributed by atoms with van der Waals surface area (Å²) in [6.45, 7) is 2.38. The lowest BCUT2D eigenvalue weighted by molar-refractivity contribution is 0.0821. The van der Waals surface area contributed by atoms with Crippen LogP contribution in [0.5, 0.6) is 5.75 Å². The molecule has 0 saturated heterocycles. The minimum atomic E-state index is -3.79. The third-order valence-electron chi connectivity index (χ3n) is 7.48. The number of hydrogen-bond donors (Lipinski definition) is 3. The van der Waals surface area contributed by atoms with Gasteiger partial charge in [-0.1, -0.05) is 56.5 Å². The Morgan fingerprint density at radius 1 is 1.16 bits per heavy atom. The van der Waals surface area contributed by atoms with Crippen LogP contribution in [-0.4, -0.2) is 48.7 Å². The van der Waals surface area contributed by atoms with E-state index >= 15 is 0 Å². The van der Waals surface area contributed by atoms with Crippen LogP contribution in [0.25, 0.3) is 10.9 Å². The van der Waals surface area contributed by atoms with Gasteiger partial charge < -0.3 is 24.5 Å². The zero-order valence-corrected chi connectivity index (χ0v) is 22.0. The van der Waals surface area contributed by atoms with Gasteiger partial charge in [0, 0.05) is 29.7 Å². The highest BCUT2D eigenvalue weighted by molar-refractivity contribution is 7.86. The zero-order valence-electron chi connectivity index (χ0n) is 21.2. The van der Waals surface area contributed by atoms with Gasteiger partial charge in [-0.3, -0.25) is 4.79 Å². The van der Waals surface area contributed by atoms with Crippen molar-refractivity contribution in [2.45, 2.75) is 75.9 Å². The van der Waals surface area contributed by atoms with Crippen LogP contribution in [0.2, 0.25) is 0 Å². The molecule has 0 spiro atoms. The van der Waals surface area contributed by atoms with Gasteiger partial charge in [-0.05, 0) is 48.9 Å². The van der Waals surface area contributed by atoms with Crippen LogP contribution in [0.1, 0.15) is 60.5 Å². The van der Waals surface area contributed by atoms with E-state index in [2.05, 4.69) is 10.6 Å². The van der Waals surface area contributed by atoms with Crippen LogP contribution >= 0.6 is 0 Å². The maximum absolute atomic E-state index is 13.5. The second-order valence-electron chi connectivity index (χ2n) is 10.2. The molecule has 198 valence electrons. The van der Waals surface area contributed by atoms with Gasteiger partial charge in [-0.25, -0.2) is 0 Å². The first-order valence-corrected chi connectivity index (χ1v) is 14.7. The van der Waals surface area contributed by atoms with Crippen molar-refractivity contribution in [3.8, 4) is 5.75 Å². The Hall–Kier alpha value is -2.88. The molecule has 2 heterocycles. The molecule has 0 unspecified atom stereocenters. The molecule has 1 saturated carbocycles. The van der Waals surface area contributed by atoms with Gasteiger partial charge in [0.25, 0.3) is 5.91 Å². The summed E-state index contributed by atoms with van der Waals surface area (Å²) < 4.78 is 31.6. The van der Waals surface area contributed by atoms with Crippen LogP contribution in [0.15, 0.2) is 48.7 Å². The van der Waals surface area contributed by atoms with Crippen molar-refractivity contribution in [1.29, 1.82) is 0 Å². The van der Waals surface area contributed by atoms with Gasteiger partial charge in [0.05, 0.1) is 17.7 Å². The molecule has 9 heteroatoms. The van der Waals surface area contributed by atoms with Gasteiger partial charge in [0.2, 0.25) is 0 Å². The van der Waals surface area contributed by atoms with Crippen LogP contribution in [0.4, 0.5) is 0 Å². The second kappa shape index (κ2) is 10.8. The fourth-order valence-corrected chi connectivity index (χ4v) is 6.52. The zero-order chi connectivity index (χ0) is 26.0. The number of amides is 1. The summed E-state index contributed by atoms with van der Waals surface area (Å²) in [5, 5.41) is 18.5. The van der Waals surface area contributed by atoms with Crippen LogP contribution in [-0.2, 0) is 28.8 Å². The lowest BCUT2D eigenvalue weighted by atomic mass is 9.94. The molecule has 1 aliphatic carbocycles. The van der Waals surface area contributed by atoms with Crippen molar-refractivity contribution in [1.82, 2.24) is 15.2 Å². The number of aryl methyl sites for hydroxylation is 1. The van der Waals surface area contributed by atoms with E-state index in [9.17, 15) is 18.3 Å². The van der Waals surface area contributed by atoms with Crippen LogP contribution in [0.3, 0.4) is 0 Å². The number of hydrogen-bond acceptors (Lipinski definition) is 6. The van der Waals surface area contributed by atoms with Gasteiger partial charge in [-0.2, -0.15) is 8.42 Å². The van der Waals surface area contributed by atoms with Crippen molar-refractivity contribution in [3.05, 3.63) is 65.4 Å². The molecular weight excluding hydrogens is 490 g/mol. The number of nitrogens with one attached hydrogen (secondary N) is 2. The molecule has 8 nitrogen and oxygen atoms in total. The molecule has 2 atom stereocenters. The summed E-state index contributed by atoms with van der Waals surface area (Å²) in [6.07, 6.45) is 8.04. The summed E-state index contributed by atoms with van der Waals surface area (Å²) in [5.74, 6) is -0.466. The average molecular weight is 526 g/mol. The van der Waals surface area contributed by atoms with E-state index < -0.39 is 22.3 Å². The molecule has 0 bridgehead atoms. The first-order chi connectivity index (χ1) is 17.8. The summed E-state index contributed by atoms with van der Waals surface area (Å²) in [4.78, 5) is 13.5. The number of benzene rings is 2. The number of carbonyl (C=O) groups is 1. The summed E-state index contributed by atoms with van der Waals surface area (Å²) in [6, 6.07) is 12.9. The summed E-state index contributed by atoms with van der Waals surface area (Å²) >= 11 is 0. The molecule has 2 aliphatic rings. The maximum atomic E-state index is 13.5. The molecular formula is C28H35N3O5S. The third kappa shape index (κ3) is 5.84. The fraction of sp³-hybridized carbons (Fsp3) is 0.464. The Bertz CT molecular complexity index is 1360. The summed E-state index contributed by atoms with van der Waals surface area (Å²) in [7, 11) is -3.79. The Labute approximate surface area is 218 Å². The summed E-state index contributed by atoms with van der Waals surface area (Å²) in [5.41, 5.74) is 2.94. The highest BCUT2D eigenvalue weighted by atomic mass is 32.2. The number of rotatable bonds is 9. The van der Waals surface area contributed by atoms with Crippen molar-refractivity contribution in [3.63, 3.8) is 0 Å². The fourth-order valence-electron chi connectivity index (χ4n) is 5.52. The Balaban J connectivity index is 1.39. The largest absolute Gasteiger partial charge is 0.390 e. The minimum Gasteiger partial charge on any atom is -0.390 e. The van der Waals surface area contributed by atoms with Crippen molar-refractivity contribution in [2.24, 2.45) is 0 Å². The molecule has 1 amide bonds. The van der Waals surface area contributed by atoms with E-state index in [0.717, 1.165) is 29.4 Å². The number of nitrogens with zero attached hydrogens (tertiary/aromatic N) is 1. The third-order valence-corrected chi connectivity index (χ3v) is 8.50. The second-order valence-corrected chi connectivity index (χ2v) is 11.7. The van der Waals surface area contributed by atoms with Crippen molar-refractivity contribution >= 4 is 26.9 Å². The predicted octanol–water partition coefficient (Wildman–Crippen LogP) is 3.51. The van der Waals surface area contributed by atoms with Gasteiger partial charge >= 0.3 is 10.1 Å². The Kier molecular flexibility index (Phi) is 7.55. The SMILES string of the molecule is CCc1cn2c3c(cc(C(=O)N[C@@H](Cc4ccccc4)[C@H](O)CNC4CCCCC4)cc13)OS(=O)(=O)C2. The van der Waals surface area contributed by atoms with E-state index in [-0.39, 0.29) is 17.5 Å². The number of carbonyl (C=O) groups excluding carboxylic acids is 1. The van der Waals surface area contributed by atoms with Gasteiger partial charge in [-0.15, -0.1) is 0 Å². The molecule has 1 fully saturated rings. The smallest absolute Gasteiger partial charge is 0.328 e. The van der Waals surface area contributed by atoms with E-state index in [0.29, 0.717) is 36.5 Å². The van der Waals surface area contributed by atoms with Crippen LogP contribution < -0.4 is 14.8 Å². The molecule has 3 N–H and O–H groups in total. The number of aliphatic hydroxyl groups is 1. The van der Waals surface area contributed by atoms with Crippen molar-refractivity contribution in [2.75, 3.05) is 6.54 Å². The maximum Gasteiger partial charge on any atom is 0.328 e. The monoisotopic (exact) mass is 525 g/mol. The lowest BCUT2D eigenvalue weighted by Crippen LogP contribution is -2.50. The molecule has 5 rings (SSSR count). The number of aromatic nitrogens is 1. The molecule has 0 radical (unpaired) electrons. The van der Waals surface area contributed by atoms with E-state index in [4.69, 9.17) is 4.18 Å². The molecule has 37 heavy (non-hydrogen) atoms. The minimum absolute atomic E-state index is 0.160. The van der Waals surface area contributed by atoms with Crippen molar-refractivity contribution < 1.29 is 22.5 Å². The number of aliphatic hydroxyl groups excluding tert-OH is 1. The van der Waals surface area contributed by atoms with E-state index in [1.54, 1.807) is 10.6 Å². The van der Waals surface area contributed by atoms with Crippen LogP contribution in [0, 0.1) is 0 Å². The van der Waals surface area contributed by atoms with E-state index in [1.165, 1.54) is 25.3 Å². The first-order valence-electron chi connectivity index (χ1n) is 13.2. The average Bonchev–Trinajstić information content (AvgIpc) is 3.24. The van der Waals surface area contributed by atoms with Gasteiger partial charge in [0.1, 0.15) is 0 Å². The normalized spacial score (nSPS) is 18.8. The molecule has 1 aliphatic heterocycles. The van der Waals surface area contributed by atoms with E-state index in [1.807, 2.05) is 43.5 Å². The molecule has 2 aromatic carbocycles. The topological polar surface area (TPSA) is 110 Å². The highest BCUT2D eigenvalue weighted by Crippen LogP contribution is 2.36. The Morgan fingerprint density at radius 3 is 2.65 bits per heavy atom. The Morgan fingerprint density at radius 2 is 1.92 bits per heavy atom. The lowest BCUT2D eigenvalue weighted by Gasteiger charge is -2.28.